The monoisotopic (exact) mass is 430 g/mol. The summed E-state index contributed by atoms with van der Waals surface area (Å²) in [6, 6.07) is 19.2. The van der Waals surface area contributed by atoms with Crippen molar-refractivity contribution < 1.29 is 14.4 Å². The van der Waals surface area contributed by atoms with Crippen molar-refractivity contribution in [3.63, 3.8) is 0 Å². The minimum Gasteiger partial charge on any atom is -0.349 e. The molecule has 0 saturated carbocycles. The van der Waals surface area contributed by atoms with Gasteiger partial charge < -0.3 is 5.32 Å². The number of carbonyl (C=O) groups excluding carboxylic acids is 3. The Labute approximate surface area is 184 Å². The fraction of sp³-hybridized carbons (Fsp3) is 0.240. The molecule has 1 atom stereocenters. The zero-order chi connectivity index (χ0) is 21.4. The summed E-state index contributed by atoms with van der Waals surface area (Å²) in [7, 11) is 0. The van der Waals surface area contributed by atoms with E-state index in [9.17, 15) is 14.4 Å². The SMILES string of the molecule is O=C(CCCN1C(=O)c2cccc3cccc(c23)C1=O)N[C@@H]1CCSc2ccccc21. The lowest BCUT2D eigenvalue weighted by Gasteiger charge is -2.28. The number of hydrogen-bond donors (Lipinski definition) is 1. The van der Waals surface area contributed by atoms with Crippen LogP contribution in [0, 0.1) is 0 Å². The molecule has 0 unspecified atom stereocenters. The van der Waals surface area contributed by atoms with Crippen molar-refractivity contribution in [1.82, 2.24) is 10.2 Å². The first-order valence-corrected chi connectivity index (χ1v) is 11.5. The van der Waals surface area contributed by atoms with Gasteiger partial charge in [-0.25, -0.2) is 0 Å². The number of benzene rings is 3. The van der Waals surface area contributed by atoms with Crippen LogP contribution in [-0.4, -0.2) is 34.9 Å². The number of thioether (sulfide) groups is 1. The Morgan fingerprint density at radius 1 is 0.968 bits per heavy atom. The Morgan fingerprint density at radius 3 is 2.42 bits per heavy atom. The van der Waals surface area contributed by atoms with Crippen molar-refractivity contribution in [2.24, 2.45) is 0 Å². The number of carbonyl (C=O) groups is 3. The maximum Gasteiger partial charge on any atom is 0.261 e. The quantitative estimate of drug-likeness (QED) is 0.602. The van der Waals surface area contributed by atoms with Crippen LogP contribution in [0.4, 0.5) is 0 Å². The van der Waals surface area contributed by atoms with Gasteiger partial charge in [-0.15, -0.1) is 11.8 Å². The third kappa shape index (κ3) is 3.61. The Kier molecular flexibility index (Phi) is 5.24. The molecule has 2 aliphatic heterocycles. The summed E-state index contributed by atoms with van der Waals surface area (Å²) in [5.41, 5.74) is 2.26. The number of imide groups is 1. The summed E-state index contributed by atoms with van der Waals surface area (Å²) >= 11 is 1.82. The van der Waals surface area contributed by atoms with Crippen LogP contribution in [0.5, 0.6) is 0 Å². The summed E-state index contributed by atoms with van der Waals surface area (Å²) in [6.45, 7) is 0.229. The highest BCUT2D eigenvalue weighted by molar-refractivity contribution is 7.99. The van der Waals surface area contributed by atoms with Crippen LogP contribution in [0.15, 0.2) is 65.6 Å². The van der Waals surface area contributed by atoms with Crippen LogP contribution < -0.4 is 5.32 Å². The van der Waals surface area contributed by atoms with Crippen LogP contribution in [0.25, 0.3) is 10.8 Å². The minimum absolute atomic E-state index is 0.0210. The zero-order valence-corrected chi connectivity index (χ0v) is 17.8. The standard InChI is InChI=1S/C25H22N2O3S/c28-22(26-20-13-15-31-21-11-2-1-8-17(20)21)12-5-14-27-24(29)18-9-3-6-16-7-4-10-19(23(16)18)25(27)30/h1-4,6-11,20H,5,12-15H2,(H,26,28)/t20-/m1/s1. The van der Waals surface area contributed by atoms with Crippen molar-refractivity contribution in [2.45, 2.75) is 30.2 Å². The molecule has 2 heterocycles. The number of rotatable bonds is 5. The molecule has 0 saturated heterocycles. The molecular formula is C25H22N2O3S. The average molecular weight is 431 g/mol. The van der Waals surface area contributed by atoms with Crippen molar-refractivity contribution in [3.8, 4) is 0 Å². The number of nitrogens with one attached hydrogen (secondary N) is 1. The van der Waals surface area contributed by atoms with Crippen molar-refractivity contribution >= 4 is 40.3 Å². The largest absolute Gasteiger partial charge is 0.349 e. The molecule has 3 aromatic carbocycles. The molecule has 0 fully saturated rings. The lowest BCUT2D eigenvalue weighted by molar-refractivity contribution is -0.122. The van der Waals surface area contributed by atoms with Gasteiger partial charge in [-0.2, -0.15) is 0 Å². The number of hydrogen-bond acceptors (Lipinski definition) is 4. The van der Waals surface area contributed by atoms with E-state index in [-0.39, 0.29) is 36.7 Å². The molecule has 0 radical (unpaired) electrons. The normalized spacial score (nSPS) is 17.5. The fourth-order valence-corrected chi connectivity index (χ4v) is 5.57. The lowest BCUT2D eigenvalue weighted by atomic mass is 9.94. The molecule has 5 nitrogen and oxygen atoms in total. The van der Waals surface area contributed by atoms with Gasteiger partial charge in [0.15, 0.2) is 0 Å². The zero-order valence-electron chi connectivity index (χ0n) is 17.0. The van der Waals surface area contributed by atoms with E-state index >= 15 is 0 Å². The van der Waals surface area contributed by atoms with Gasteiger partial charge in [-0.05, 0) is 42.0 Å². The molecule has 0 aliphatic carbocycles. The molecule has 3 aromatic rings. The van der Waals surface area contributed by atoms with Crippen LogP contribution >= 0.6 is 11.8 Å². The number of nitrogens with zero attached hydrogens (tertiary/aromatic N) is 1. The van der Waals surface area contributed by atoms with Crippen LogP contribution in [0.3, 0.4) is 0 Å². The Hall–Kier alpha value is -3.12. The van der Waals surface area contributed by atoms with E-state index < -0.39 is 0 Å². The van der Waals surface area contributed by atoms with Crippen molar-refractivity contribution in [1.29, 1.82) is 0 Å². The van der Waals surface area contributed by atoms with Crippen molar-refractivity contribution in [3.05, 3.63) is 77.4 Å². The minimum atomic E-state index is -0.284. The van der Waals surface area contributed by atoms with Gasteiger partial charge in [0.1, 0.15) is 0 Å². The molecule has 5 rings (SSSR count). The maximum absolute atomic E-state index is 12.9. The maximum atomic E-state index is 12.9. The first kappa shape index (κ1) is 19.8. The summed E-state index contributed by atoms with van der Waals surface area (Å²) in [4.78, 5) is 41.0. The van der Waals surface area contributed by atoms with E-state index in [1.807, 2.05) is 48.2 Å². The topological polar surface area (TPSA) is 66.5 Å². The van der Waals surface area contributed by atoms with Gasteiger partial charge in [0.05, 0.1) is 6.04 Å². The van der Waals surface area contributed by atoms with E-state index in [4.69, 9.17) is 0 Å². The predicted molar refractivity (Wildman–Crippen MR) is 121 cm³/mol. The summed E-state index contributed by atoms with van der Waals surface area (Å²) in [5, 5.41) is 4.74. The van der Waals surface area contributed by atoms with Crippen LogP contribution in [-0.2, 0) is 4.79 Å². The molecule has 31 heavy (non-hydrogen) atoms. The lowest BCUT2D eigenvalue weighted by Crippen LogP contribution is -2.41. The van der Waals surface area contributed by atoms with Gasteiger partial charge in [0.2, 0.25) is 5.91 Å². The first-order valence-electron chi connectivity index (χ1n) is 10.5. The molecule has 0 aromatic heterocycles. The van der Waals surface area contributed by atoms with Gasteiger partial charge in [-0.3, -0.25) is 19.3 Å². The van der Waals surface area contributed by atoms with E-state index in [0.29, 0.717) is 17.5 Å². The highest BCUT2D eigenvalue weighted by Crippen LogP contribution is 2.36. The summed E-state index contributed by atoms with van der Waals surface area (Å²) < 4.78 is 0. The molecule has 0 spiro atoms. The van der Waals surface area contributed by atoms with E-state index in [1.54, 1.807) is 12.1 Å². The third-order valence-corrected chi connectivity index (χ3v) is 7.06. The Bertz CT molecular complexity index is 1160. The van der Waals surface area contributed by atoms with Gasteiger partial charge in [-0.1, -0.05) is 42.5 Å². The highest BCUT2D eigenvalue weighted by Gasteiger charge is 2.32. The van der Waals surface area contributed by atoms with Crippen LogP contribution in [0.2, 0.25) is 0 Å². The van der Waals surface area contributed by atoms with Gasteiger partial charge in [0.25, 0.3) is 11.8 Å². The summed E-state index contributed by atoms with van der Waals surface area (Å²) in [6.07, 6.45) is 1.61. The van der Waals surface area contributed by atoms with Crippen LogP contribution in [0.1, 0.15) is 51.6 Å². The third-order valence-electron chi connectivity index (χ3n) is 5.94. The smallest absolute Gasteiger partial charge is 0.261 e. The first-order chi connectivity index (χ1) is 15.1. The molecular weight excluding hydrogens is 408 g/mol. The van der Waals surface area contributed by atoms with Crippen molar-refractivity contribution in [2.75, 3.05) is 12.3 Å². The number of fused-ring (bicyclic) bond motifs is 1. The molecule has 1 N–H and O–H groups in total. The second kappa shape index (κ2) is 8.19. The van der Waals surface area contributed by atoms with E-state index in [1.165, 1.54) is 9.80 Å². The Balaban J connectivity index is 1.24. The predicted octanol–water partition coefficient (Wildman–Crippen LogP) is 4.57. The second-order valence-electron chi connectivity index (χ2n) is 7.87. The molecule has 156 valence electrons. The highest BCUT2D eigenvalue weighted by atomic mass is 32.2. The molecule has 3 amide bonds. The van der Waals surface area contributed by atoms with Gasteiger partial charge >= 0.3 is 0 Å². The second-order valence-corrected chi connectivity index (χ2v) is 9.01. The van der Waals surface area contributed by atoms with E-state index in [0.717, 1.165) is 28.5 Å². The molecule has 0 bridgehead atoms. The fourth-order valence-electron chi connectivity index (χ4n) is 4.44. The van der Waals surface area contributed by atoms with E-state index in [2.05, 4.69) is 17.4 Å². The molecule has 6 heteroatoms. The van der Waals surface area contributed by atoms with Gasteiger partial charge in [0, 0.05) is 40.1 Å². The molecule has 2 aliphatic rings. The average Bonchev–Trinajstić information content (AvgIpc) is 2.80. The number of amides is 3. The Morgan fingerprint density at radius 2 is 1.68 bits per heavy atom. The summed E-state index contributed by atoms with van der Waals surface area (Å²) in [5.74, 6) is 0.357.